The third-order valence-electron chi connectivity index (χ3n) is 4.63. The fourth-order valence-electron chi connectivity index (χ4n) is 3.12. The Bertz CT molecular complexity index is 989. The molecule has 1 N–H and O–H groups in total. The quantitative estimate of drug-likeness (QED) is 0.683. The van der Waals surface area contributed by atoms with Crippen molar-refractivity contribution >= 4 is 58.2 Å². The Hall–Kier alpha value is -2.90. The monoisotopic (exact) mass is 447 g/mol. The number of anilines is 2. The fraction of sp³-hybridized carbons (Fsp3) is 0.238. The van der Waals surface area contributed by atoms with Crippen LogP contribution in [0.15, 0.2) is 42.5 Å². The molecule has 2 aromatic rings. The molecule has 0 saturated carbocycles. The zero-order chi connectivity index (χ0) is 21.8. The van der Waals surface area contributed by atoms with Gasteiger partial charge >= 0.3 is 0 Å². The lowest BCUT2D eigenvalue weighted by molar-refractivity contribution is -0.121. The number of halogens is 2. The van der Waals surface area contributed by atoms with E-state index in [1.807, 2.05) is 0 Å². The summed E-state index contributed by atoms with van der Waals surface area (Å²) in [4.78, 5) is 51.8. The van der Waals surface area contributed by atoms with E-state index in [2.05, 4.69) is 5.32 Å². The Labute approximate surface area is 183 Å². The van der Waals surface area contributed by atoms with Crippen LogP contribution in [0.2, 0.25) is 10.0 Å². The first-order valence-electron chi connectivity index (χ1n) is 9.30. The number of amides is 4. The van der Waals surface area contributed by atoms with Gasteiger partial charge in [0.05, 0.1) is 21.4 Å². The van der Waals surface area contributed by atoms with Gasteiger partial charge in [0, 0.05) is 24.9 Å². The molecule has 0 atom stereocenters. The largest absolute Gasteiger partial charge is 0.330 e. The fourth-order valence-corrected chi connectivity index (χ4v) is 3.61. The van der Waals surface area contributed by atoms with Crippen LogP contribution in [0.4, 0.5) is 11.4 Å². The van der Waals surface area contributed by atoms with Crippen molar-refractivity contribution in [2.45, 2.75) is 19.8 Å². The summed E-state index contributed by atoms with van der Waals surface area (Å²) in [5, 5.41) is 3.20. The molecule has 1 aliphatic heterocycles. The van der Waals surface area contributed by atoms with Gasteiger partial charge in [0.1, 0.15) is 6.54 Å². The molecule has 0 aliphatic carbocycles. The molecule has 0 spiro atoms. The summed E-state index contributed by atoms with van der Waals surface area (Å²) in [6.45, 7) is 1.79. The molecule has 2 aromatic carbocycles. The van der Waals surface area contributed by atoms with Crippen LogP contribution in [-0.4, -0.2) is 41.6 Å². The normalized spacial score (nSPS) is 13.5. The predicted molar refractivity (Wildman–Crippen MR) is 115 cm³/mol. The third-order valence-corrected chi connectivity index (χ3v) is 5.26. The average Bonchev–Trinajstić information content (AvgIpc) is 3.06. The second kappa shape index (κ2) is 9.28. The summed E-state index contributed by atoms with van der Waals surface area (Å²) in [6.07, 6.45) is 0.311. The Morgan fingerprint density at radius 2 is 1.63 bits per heavy atom. The maximum atomic E-state index is 12.9. The highest BCUT2D eigenvalue weighted by molar-refractivity contribution is 6.39. The smallest absolute Gasteiger partial charge is 0.254 e. The number of nitrogens with one attached hydrogen (secondary N) is 1. The summed E-state index contributed by atoms with van der Waals surface area (Å²) >= 11 is 12.1. The molecule has 0 bridgehead atoms. The summed E-state index contributed by atoms with van der Waals surface area (Å²) in [5.74, 6) is -1.46. The van der Waals surface area contributed by atoms with Crippen LogP contribution < -0.4 is 10.2 Å². The second-order valence-corrected chi connectivity index (χ2v) is 7.45. The van der Waals surface area contributed by atoms with Crippen LogP contribution in [0.25, 0.3) is 0 Å². The molecule has 0 aromatic heterocycles. The van der Waals surface area contributed by atoms with Crippen LogP contribution in [0.5, 0.6) is 0 Å². The molecule has 4 amide bonds. The number of imide groups is 1. The van der Waals surface area contributed by atoms with Crippen molar-refractivity contribution in [3.05, 3.63) is 58.1 Å². The molecule has 1 fully saturated rings. The molecule has 156 valence electrons. The van der Waals surface area contributed by atoms with Gasteiger partial charge in [-0.1, -0.05) is 35.3 Å². The molecule has 1 aliphatic rings. The van der Waals surface area contributed by atoms with E-state index in [4.69, 9.17) is 23.2 Å². The van der Waals surface area contributed by atoms with Crippen LogP contribution in [0.3, 0.4) is 0 Å². The number of hydrogen-bond acceptors (Lipinski definition) is 4. The van der Waals surface area contributed by atoms with Crippen LogP contribution in [0, 0.1) is 0 Å². The standard InChI is InChI=1S/C21H19Cl2N3O4/c1-2-25(12-17(27)24-20-15(22)7-4-8-16(20)23)21(30)13-5-3-6-14(11-13)26-18(28)9-10-19(26)29/h3-8,11H,2,9-10,12H2,1H3,(H,24,27). The number of para-hydroxylation sites is 1. The van der Waals surface area contributed by atoms with Crippen LogP contribution >= 0.6 is 23.2 Å². The molecule has 0 radical (unpaired) electrons. The van der Waals surface area contributed by atoms with Crippen LogP contribution in [-0.2, 0) is 14.4 Å². The zero-order valence-corrected chi connectivity index (χ0v) is 17.7. The van der Waals surface area contributed by atoms with Crippen LogP contribution in [0.1, 0.15) is 30.1 Å². The molecular weight excluding hydrogens is 429 g/mol. The van der Waals surface area contributed by atoms with E-state index in [-0.39, 0.29) is 59.0 Å². The molecule has 1 heterocycles. The van der Waals surface area contributed by atoms with E-state index in [0.29, 0.717) is 5.69 Å². The Kier molecular flexibility index (Phi) is 6.74. The highest BCUT2D eigenvalue weighted by Gasteiger charge is 2.31. The Balaban J connectivity index is 1.75. The molecule has 3 rings (SSSR count). The van der Waals surface area contributed by atoms with Gasteiger partial charge in [-0.05, 0) is 37.3 Å². The van der Waals surface area contributed by atoms with Gasteiger partial charge in [-0.2, -0.15) is 0 Å². The second-order valence-electron chi connectivity index (χ2n) is 6.64. The lowest BCUT2D eigenvalue weighted by Gasteiger charge is -2.22. The van der Waals surface area contributed by atoms with E-state index < -0.39 is 11.8 Å². The number of benzene rings is 2. The van der Waals surface area contributed by atoms with Crippen molar-refractivity contribution < 1.29 is 19.2 Å². The molecule has 1 saturated heterocycles. The molecular formula is C21H19Cl2N3O4. The minimum absolute atomic E-state index is 0.156. The van der Waals surface area contributed by atoms with Crippen molar-refractivity contribution in [1.82, 2.24) is 4.90 Å². The highest BCUT2D eigenvalue weighted by Crippen LogP contribution is 2.29. The van der Waals surface area contributed by atoms with E-state index in [1.54, 1.807) is 43.3 Å². The van der Waals surface area contributed by atoms with Gasteiger partial charge in [0.2, 0.25) is 17.7 Å². The molecule has 7 nitrogen and oxygen atoms in total. The third kappa shape index (κ3) is 4.63. The summed E-state index contributed by atoms with van der Waals surface area (Å²) < 4.78 is 0. The number of likely N-dealkylation sites (N-methyl/N-ethyl adjacent to an activating group) is 1. The minimum Gasteiger partial charge on any atom is -0.330 e. The summed E-state index contributed by atoms with van der Waals surface area (Å²) in [6, 6.07) is 11.1. The first-order chi connectivity index (χ1) is 14.3. The van der Waals surface area contributed by atoms with E-state index in [9.17, 15) is 19.2 Å². The molecule has 9 heteroatoms. The average molecular weight is 448 g/mol. The van der Waals surface area contributed by atoms with Crippen molar-refractivity contribution in [3.8, 4) is 0 Å². The van der Waals surface area contributed by atoms with Gasteiger partial charge in [-0.3, -0.25) is 24.1 Å². The Morgan fingerprint density at radius 3 is 2.23 bits per heavy atom. The van der Waals surface area contributed by atoms with E-state index in [1.165, 1.54) is 11.0 Å². The van der Waals surface area contributed by atoms with Gasteiger partial charge in [0.15, 0.2) is 0 Å². The van der Waals surface area contributed by atoms with Crippen molar-refractivity contribution in [3.63, 3.8) is 0 Å². The van der Waals surface area contributed by atoms with Gasteiger partial charge in [-0.25, -0.2) is 0 Å². The van der Waals surface area contributed by atoms with E-state index in [0.717, 1.165) is 4.90 Å². The summed E-state index contributed by atoms with van der Waals surface area (Å²) in [5.41, 5.74) is 0.893. The van der Waals surface area contributed by atoms with E-state index >= 15 is 0 Å². The maximum Gasteiger partial charge on any atom is 0.254 e. The first-order valence-corrected chi connectivity index (χ1v) is 10.1. The zero-order valence-electron chi connectivity index (χ0n) is 16.2. The molecule has 0 unspecified atom stereocenters. The highest BCUT2D eigenvalue weighted by atomic mass is 35.5. The topological polar surface area (TPSA) is 86.8 Å². The Morgan fingerprint density at radius 1 is 1.03 bits per heavy atom. The lowest BCUT2D eigenvalue weighted by Crippen LogP contribution is -2.38. The minimum atomic E-state index is -0.457. The van der Waals surface area contributed by atoms with Crippen molar-refractivity contribution in [2.75, 3.05) is 23.3 Å². The first kappa shape index (κ1) is 21.8. The molecule has 30 heavy (non-hydrogen) atoms. The number of carbonyl (C=O) groups is 4. The lowest BCUT2D eigenvalue weighted by atomic mass is 10.1. The van der Waals surface area contributed by atoms with Crippen molar-refractivity contribution in [2.24, 2.45) is 0 Å². The number of hydrogen-bond donors (Lipinski definition) is 1. The predicted octanol–water partition coefficient (Wildman–Crippen LogP) is 3.75. The van der Waals surface area contributed by atoms with Gasteiger partial charge in [0.25, 0.3) is 5.91 Å². The number of nitrogens with zero attached hydrogens (tertiary/aromatic N) is 2. The number of carbonyl (C=O) groups excluding carboxylic acids is 4. The number of rotatable bonds is 6. The summed E-state index contributed by atoms with van der Waals surface area (Å²) in [7, 11) is 0. The maximum absolute atomic E-state index is 12.9. The SMILES string of the molecule is CCN(CC(=O)Nc1c(Cl)cccc1Cl)C(=O)c1cccc(N2C(=O)CCC2=O)c1. The van der Waals surface area contributed by atoms with Gasteiger partial charge in [-0.15, -0.1) is 0 Å². The van der Waals surface area contributed by atoms with Crippen molar-refractivity contribution in [1.29, 1.82) is 0 Å². The van der Waals surface area contributed by atoms with Gasteiger partial charge < -0.3 is 10.2 Å².